The molecule has 1 saturated heterocycles. The maximum Gasteiger partial charge on any atom is 0.221 e. The van der Waals surface area contributed by atoms with Crippen molar-refractivity contribution in [3.8, 4) is 11.8 Å². The van der Waals surface area contributed by atoms with E-state index < -0.39 is 0 Å². The summed E-state index contributed by atoms with van der Waals surface area (Å²) >= 11 is 1.78. The van der Waals surface area contributed by atoms with Crippen LogP contribution in [-0.2, 0) is 19.0 Å². The summed E-state index contributed by atoms with van der Waals surface area (Å²) in [6, 6.07) is 16.3. The first-order chi connectivity index (χ1) is 37.8. The molecule has 408 valence electrons. The molecule has 13 nitrogen and oxygen atoms in total. The van der Waals surface area contributed by atoms with Crippen molar-refractivity contribution in [1.29, 1.82) is 0 Å². The predicted octanol–water partition coefficient (Wildman–Crippen LogP) is 11.0. The van der Waals surface area contributed by atoms with Gasteiger partial charge in [0.1, 0.15) is 12.3 Å². The molecule has 0 spiro atoms. The molecular weight excluding hydrogens is 979 g/mol. The summed E-state index contributed by atoms with van der Waals surface area (Å²) in [5.41, 5.74) is 13.1. The number of anilines is 1. The van der Waals surface area contributed by atoms with E-state index in [-0.39, 0.29) is 5.91 Å². The van der Waals surface area contributed by atoms with Crippen LogP contribution < -0.4 is 16.0 Å². The molecule has 1 amide bonds. The monoisotopic (exact) mass is 1060 g/mol. The number of piperazine rings is 1. The van der Waals surface area contributed by atoms with Crippen molar-refractivity contribution in [2.75, 3.05) is 96.6 Å². The molecule has 77 heavy (non-hydrogen) atoms. The Hall–Kier alpha value is -6.31. The lowest BCUT2D eigenvalue weighted by Crippen LogP contribution is -2.48. The van der Waals surface area contributed by atoms with Gasteiger partial charge in [0.05, 0.1) is 47.7 Å². The minimum Gasteiger partial charge on any atom is -0.385 e. The molecule has 2 aliphatic carbocycles. The number of thioether (sulfide) groups is 1. The fourth-order valence-corrected chi connectivity index (χ4v) is 10.4. The number of amides is 1. The maximum atomic E-state index is 12.7. The standard InChI is InChI=1S/C63H81N9O4S/c1-6-52(42-54-43-55(41-49(54)2)67-50(3)53-22-10-7-11-23-53)21-20-38-74-35-18-9-19-37-76-40-39-75-36-17-8-16-29-65-63(73)28-30-70-31-33-71(34-32-70)45-56-47-77-48-72(56)46-62(64-5)57-24-12-13-25-58(57)68-51(4)61-44-66-59-26-14-15-27-60(59)69-61/h6-7,10-15,22,24-27,42,44,46-47,55,67-68H,1,4-5,8-9,16-19,23,28-41,43,45,48H2,2-3H3,(H,65,73)/b52-42+,53-50+,62-46-. The Bertz CT molecular complexity index is 2760. The number of benzene rings is 2. The number of hydrogen-bond acceptors (Lipinski definition) is 13. The third kappa shape index (κ3) is 19.6. The lowest BCUT2D eigenvalue weighted by molar-refractivity contribution is -0.121. The third-order valence-corrected chi connectivity index (χ3v) is 14.9. The fourth-order valence-electron chi connectivity index (χ4n) is 9.57. The van der Waals surface area contributed by atoms with Gasteiger partial charge in [0.25, 0.3) is 0 Å². The SMILES string of the molecule is C=C/C(C#CCOCCCCCOCCOCCCCCNC(=O)CCN1CCN(CC2=CSCN2/C=C(\N=C)c2ccccc2NC(=C)c2cnc3ccccc3n2)CC1)=C\C1=C(C)CC(N/C(C)=C2\C=CC=CC2)C1. The van der Waals surface area contributed by atoms with Crippen molar-refractivity contribution in [2.24, 2.45) is 4.99 Å². The minimum atomic E-state index is 0.124. The highest BCUT2D eigenvalue weighted by Crippen LogP contribution is 2.32. The number of ether oxygens (including phenoxy) is 3. The van der Waals surface area contributed by atoms with E-state index in [1.807, 2.05) is 54.6 Å². The van der Waals surface area contributed by atoms with Crippen LogP contribution in [0.1, 0.15) is 89.3 Å². The van der Waals surface area contributed by atoms with E-state index in [9.17, 15) is 4.79 Å². The Morgan fingerprint density at radius 2 is 1.65 bits per heavy atom. The van der Waals surface area contributed by atoms with E-state index in [1.165, 1.54) is 28.1 Å². The van der Waals surface area contributed by atoms with Gasteiger partial charge < -0.3 is 40.0 Å². The molecule has 14 heteroatoms. The number of unbranched alkanes of at least 4 members (excludes halogenated alkanes) is 4. The van der Waals surface area contributed by atoms with Gasteiger partial charge in [0.15, 0.2) is 0 Å². The number of nitrogens with zero attached hydrogens (tertiary/aromatic N) is 6. The van der Waals surface area contributed by atoms with E-state index in [1.54, 1.807) is 18.0 Å². The normalized spacial score (nSPS) is 17.8. The molecule has 1 atom stereocenters. The first kappa shape index (κ1) is 58.4. The molecule has 3 N–H and O–H groups in total. The fraction of sp³-hybridized carbons (Fsp3) is 0.429. The van der Waals surface area contributed by atoms with Crippen LogP contribution >= 0.6 is 11.8 Å². The first-order valence-corrected chi connectivity index (χ1v) is 28.6. The summed E-state index contributed by atoms with van der Waals surface area (Å²) in [6.07, 6.45) is 26.0. The predicted molar refractivity (Wildman–Crippen MR) is 320 cm³/mol. The van der Waals surface area contributed by atoms with Crippen LogP contribution in [0.4, 0.5) is 5.69 Å². The molecule has 1 aromatic heterocycles. The Morgan fingerprint density at radius 3 is 2.42 bits per heavy atom. The highest BCUT2D eigenvalue weighted by molar-refractivity contribution is 8.02. The molecule has 2 aliphatic heterocycles. The van der Waals surface area contributed by atoms with Crippen LogP contribution in [0.25, 0.3) is 22.4 Å². The van der Waals surface area contributed by atoms with Gasteiger partial charge in [-0.1, -0.05) is 91.3 Å². The number of carbonyl (C=O) groups excluding carboxylic acids is 1. The van der Waals surface area contributed by atoms with E-state index in [0.29, 0.717) is 63.4 Å². The quantitative estimate of drug-likeness (QED) is 0.0246. The van der Waals surface area contributed by atoms with Crippen molar-refractivity contribution in [1.82, 2.24) is 35.3 Å². The van der Waals surface area contributed by atoms with Gasteiger partial charge in [-0.3, -0.25) is 19.7 Å². The number of allylic oxidation sites excluding steroid dienone is 9. The molecule has 2 aromatic carbocycles. The maximum absolute atomic E-state index is 12.7. The summed E-state index contributed by atoms with van der Waals surface area (Å²) in [7, 11) is 0. The Kier molecular flexibility index (Phi) is 24.6. The summed E-state index contributed by atoms with van der Waals surface area (Å²) in [6.45, 7) is 26.5. The summed E-state index contributed by atoms with van der Waals surface area (Å²) < 4.78 is 17.3. The largest absolute Gasteiger partial charge is 0.385 e. The summed E-state index contributed by atoms with van der Waals surface area (Å²) in [5.74, 6) is 7.34. The number of nitrogens with one attached hydrogen (secondary N) is 3. The van der Waals surface area contributed by atoms with Crippen LogP contribution in [0, 0.1) is 11.8 Å². The van der Waals surface area contributed by atoms with Crippen molar-refractivity contribution < 1.29 is 19.0 Å². The second kappa shape index (κ2) is 32.4. The van der Waals surface area contributed by atoms with Crippen molar-refractivity contribution in [2.45, 2.75) is 84.1 Å². The molecule has 1 unspecified atom stereocenters. The number of aliphatic imine (C=N–C) groups is 1. The molecule has 7 rings (SSSR count). The summed E-state index contributed by atoms with van der Waals surface area (Å²) in [5, 5.41) is 12.6. The second-order valence-electron chi connectivity index (χ2n) is 19.9. The van der Waals surface area contributed by atoms with Gasteiger partial charge in [-0.2, -0.15) is 0 Å². The number of para-hydroxylation sites is 3. The highest BCUT2D eigenvalue weighted by atomic mass is 32.2. The smallest absolute Gasteiger partial charge is 0.221 e. The zero-order valence-corrected chi connectivity index (χ0v) is 46.5. The van der Waals surface area contributed by atoms with Crippen LogP contribution in [0.5, 0.6) is 0 Å². The van der Waals surface area contributed by atoms with Crippen molar-refractivity contribution >= 4 is 52.5 Å². The number of hydrogen-bond donors (Lipinski definition) is 3. The third-order valence-electron chi connectivity index (χ3n) is 14.0. The number of aromatic nitrogens is 2. The first-order valence-electron chi connectivity index (χ1n) is 27.6. The van der Waals surface area contributed by atoms with E-state index >= 15 is 0 Å². The minimum absolute atomic E-state index is 0.124. The Balaban J connectivity index is 0.656. The molecule has 0 radical (unpaired) electrons. The average Bonchev–Trinajstić information content (AvgIpc) is 4.05. The molecule has 0 saturated carbocycles. The topological polar surface area (TPSA) is 129 Å². The number of carbonyl (C=O) groups is 1. The Labute approximate surface area is 463 Å². The number of fused-ring (bicyclic) bond motifs is 1. The molecule has 4 aliphatic rings. The van der Waals surface area contributed by atoms with Crippen LogP contribution in [0.15, 0.2) is 155 Å². The van der Waals surface area contributed by atoms with Crippen LogP contribution in [-0.4, -0.2) is 135 Å². The average molecular weight is 1060 g/mol. The van der Waals surface area contributed by atoms with Gasteiger partial charge >= 0.3 is 0 Å². The van der Waals surface area contributed by atoms with Gasteiger partial charge in [-0.15, -0.1) is 11.8 Å². The highest BCUT2D eigenvalue weighted by Gasteiger charge is 2.24. The molecule has 1 fully saturated rings. The summed E-state index contributed by atoms with van der Waals surface area (Å²) in [4.78, 5) is 33.6. The molecule has 3 aromatic rings. The lowest BCUT2D eigenvalue weighted by Gasteiger charge is -2.35. The van der Waals surface area contributed by atoms with Crippen molar-refractivity contribution in [3.05, 3.63) is 161 Å². The number of rotatable bonds is 31. The zero-order chi connectivity index (χ0) is 53.9. The van der Waals surface area contributed by atoms with E-state index in [2.05, 4.69) is 128 Å². The molecule has 3 heterocycles. The Morgan fingerprint density at radius 1 is 0.909 bits per heavy atom. The van der Waals surface area contributed by atoms with Crippen LogP contribution in [0.3, 0.4) is 0 Å². The lowest BCUT2D eigenvalue weighted by atomic mass is 10.0. The van der Waals surface area contributed by atoms with Gasteiger partial charge in [-0.25, -0.2) is 4.98 Å². The van der Waals surface area contributed by atoms with E-state index in [4.69, 9.17) is 19.2 Å². The van der Waals surface area contributed by atoms with Crippen LogP contribution in [0.2, 0.25) is 0 Å². The molecule has 0 bridgehead atoms. The van der Waals surface area contributed by atoms with Gasteiger partial charge in [0, 0.05) is 113 Å². The van der Waals surface area contributed by atoms with E-state index in [0.717, 1.165) is 143 Å². The molecular formula is C63H81N9O4S. The van der Waals surface area contributed by atoms with Gasteiger partial charge in [0.2, 0.25) is 5.91 Å². The second-order valence-corrected chi connectivity index (χ2v) is 20.7. The van der Waals surface area contributed by atoms with Crippen molar-refractivity contribution in [3.63, 3.8) is 0 Å². The van der Waals surface area contributed by atoms with Gasteiger partial charge in [-0.05, 0) is 119 Å². The zero-order valence-electron chi connectivity index (χ0n) is 45.7.